The molecule has 182 valence electrons. The number of carbonyl (C=O) groups is 1. The summed E-state index contributed by atoms with van der Waals surface area (Å²) in [4.78, 5) is 34.6. The lowest BCUT2D eigenvalue weighted by molar-refractivity contribution is 0.0500. The molecule has 1 amide bonds. The lowest BCUT2D eigenvalue weighted by Crippen LogP contribution is -2.42. The first-order valence-electron chi connectivity index (χ1n) is 10.9. The Bertz CT molecular complexity index is 1040. The summed E-state index contributed by atoms with van der Waals surface area (Å²) in [6.07, 6.45) is 4.63. The molecule has 3 N–H and O–H groups in total. The minimum absolute atomic E-state index is 0.114. The highest BCUT2D eigenvalue weighted by Gasteiger charge is 2.27. The van der Waals surface area contributed by atoms with Gasteiger partial charge in [-0.3, -0.25) is 0 Å². The van der Waals surface area contributed by atoms with E-state index in [-0.39, 0.29) is 18.3 Å². The van der Waals surface area contributed by atoms with Crippen molar-refractivity contribution >= 4 is 36.1 Å². The molecular weight excluding hydrogens is 440 g/mol. The van der Waals surface area contributed by atoms with E-state index in [9.17, 15) is 4.79 Å². The summed E-state index contributed by atoms with van der Waals surface area (Å²) in [5, 5.41) is 3.21. The van der Waals surface area contributed by atoms with Crippen molar-refractivity contribution in [1.82, 2.24) is 19.9 Å². The Hall–Kier alpha value is -3.96. The van der Waals surface area contributed by atoms with Gasteiger partial charge in [0.05, 0.1) is 30.9 Å². The van der Waals surface area contributed by atoms with E-state index in [1.807, 2.05) is 26.8 Å². The van der Waals surface area contributed by atoms with Gasteiger partial charge in [0.2, 0.25) is 5.75 Å². The third-order valence-electron chi connectivity index (χ3n) is 4.96. The van der Waals surface area contributed by atoms with Gasteiger partial charge in [-0.25, -0.2) is 24.7 Å². The molecule has 12 heteroatoms. The summed E-state index contributed by atoms with van der Waals surface area (Å²) in [6, 6.07) is 3.57. The first kappa shape index (κ1) is 24.7. The molecule has 0 spiro atoms. The maximum Gasteiger partial charge on any atom is 0.410 e. The Kier molecular flexibility index (Phi) is 8.54. The summed E-state index contributed by atoms with van der Waals surface area (Å²) in [6.45, 7) is 6.60. The number of aromatic nitrogens is 3. The zero-order valence-electron chi connectivity index (χ0n) is 19.8. The number of pyridine rings is 1. The molecule has 1 aliphatic heterocycles. The maximum atomic E-state index is 12.1. The van der Waals surface area contributed by atoms with Gasteiger partial charge in [0.15, 0.2) is 11.6 Å². The highest BCUT2D eigenvalue weighted by molar-refractivity contribution is 5.72. The van der Waals surface area contributed by atoms with Gasteiger partial charge in [-0.1, -0.05) is 0 Å². The molecule has 34 heavy (non-hydrogen) atoms. The third kappa shape index (κ3) is 6.53. The number of ether oxygens (including phenoxy) is 3. The molecular formula is C22H30N8O4. The van der Waals surface area contributed by atoms with Crippen LogP contribution in [-0.2, 0) is 4.74 Å². The van der Waals surface area contributed by atoms with Gasteiger partial charge in [-0.2, -0.15) is 4.98 Å². The van der Waals surface area contributed by atoms with E-state index < -0.39 is 0 Å². The van der Waals surface area contributed by atoms with E-state index in [0.717, 1.165) is 12.0 Å². The number of nitrogens with one attached hydrogen (secondary N) is 1. The summed E-state index contributed by atoms with van der Waals surface area (Å²) >= 11 is 0. The van der Waals surface area contributed by atoms with Crippen LogP contribution < -0.4 is 20.5 Å². The lowest BCUT2D eigenvalue weighted by Gasteiger charge is -2.31. The van der Waals surface area contributed by atoms with E-state index >= 15 is 0 Å². The Morgan fingerprint density at radius 1 is 1.29 bits per heavy atom. The van der Waals surface area contributed by atoms with E-state index in [4.69, 9.17) is 19.9 Å². The monoisotopic (exact) mass is 470 g/mol. The van der Waals surface area contributed by atoms with Gasteiger partial charge >= 0.3 is 6.09 Å². The van der Waals surface area contributed by atoms with Crippen molar-refractivity contribution in [2.24, 2.45) is 15.7 Å². The number of carbonyl (C=O) groups excluding carboxylic acids is 1. The van der Waals surface area contributed by atoms with Crippen LogP contribution in [-0.4, -0.2) is 71.0 Å². The second-order valence-corrected chi connectivity index (χ2v) is 7.77. The number of aryl methyl sites for hydroxylation is 1. The first-order valence-corrected chi connectivity index (χ1v) is 10.9. The molecule has 0 aliphatic carbocycles. The summed E-state index contributed by atoms with van der Waals surface area (Å²) < 4.78 is 16.9. The summed E-state index contributed by atoms with van der Waals surface area (Å²) in [5.74, 6) is 1.65. The zero-order valence-corrected chi connectivity index (χ0v) is 19.8. The van der Waals surface area contributed by atoms with Crippen molar-refractivity contribution < 1.29 is 19.0 Å². The molecule has 1 aliphatic rings. The topological polar surface area (TPSA) is 149 Å². The average Bonchev–Trinajstić information content (AvgIpc) is 2.81. The Morgan fingerprint density at radius 3 is 2.71 bits per heavy atom. The Labute approximate surface area is 198 Å². The van der Waals surface area contributed by atoms with Crippen LogP contribution in [0.5, 0.6) is 11.6 Å². The van der Waals surface area contributed by atoms with Crippen LogP contribution in [0.15, 0.2) is 28.4 Å². The molecule has 2 aromatic heterocycles. The van der Waals surface area contributed by atoms with Crippen LogP contribution in [0.3, 0.4) is 0 Å². The minimum Gasteiger partial charge on any atom is -0.489 e. The van der Waals surface area contributed by atoms with Crippen LogP contribution in [0.1, 0.15) is 32.4 Å². The molecule has 1 saturated heterocycles. The fourth-order valence-corrected chi connectivity index (χ4v) is 3.32. The minimum atomic E-state index is -0.299. The fraction of sp³-hybridized carbons (Fsp3) is 0.455. The van der Waals surface area contributed by atoms with E-state index in [0.29, 0.717) is 54.9 Å². The van der Waals surface area contributed by atoms with Gasteiger partial charge in [0.25, 0.3) is 5.88 Å². The highest BCUT2D eigenvalue weighted by atomic mass is 16.6. The predicted octanol–water partition coefficient (Wildman–Crippen LogP) is 2.97. The van der Waals surface area contributed by atoms with Crippen molar-refractivity contribution in [3.8, 4) is 11.6 Å². The van der Waals surface area contributed by atoms with Gasteiger partial charge in [-0.15, -0.1) is 0 Å². The normalized spacial score (nSPS) is 14.7. The largest absolute Gasteiger partial charge is 0.489 e. The summed E-state index contributed by atoms with van der Waals surface area (Å²) in [7, 11) is 1.53. The SMILES string of the molecule is COc1c(Nc2ccc(N=CN=CN)nc2C)ncnc1OC1CCN(C(=O)OC(C)C)CC1. The number of likely N-dealkylation sites (tertiary alicyclic amines) is 1. The second kappa shape index (κ2) is 11.8. The summed E-state index contributed by atoms with van der Waals surface area (Å²) in [5.41, 5.74) is 6.62. The molecule has 0 bridgehead atoms. The Balaban J connectivity index is 1.67. The zero-order chi connectivity index (χ0) is 24.5. The number of hydrogen-bond acceptors (Lipinski definition) is 9. The molecule has 0 saturated carbocycles. The van der Waals surface area contributed by atoms with Crippen molar-refractivity contribution in [2.75, 3.05) is 25.5 Å². The first-order chi connectivity index (χ1) is 16.4. The van der Waals surface area contributed by atoms with Gasteiger partial charge in [-0.05, 0) is 32.9 Å². The molecule has 0 atom stereocenters. The number of methoxy groups -OCH3 is 1. The fourth-order valence-electron chi connectivity index (χ4n) is 3.32. The number of nitrogens with zero attached hydrogens (tertiary/aromatic N) is 6. The number of hydrogen-bond donors (Lipinski definition) is 2. The van der Waals surface area contributed by atoms with Gasteiger partial charge in [0, 0.05) is 25.9 Å². The van der Waals surface area contributed by atoms with Crippen molar-refractivity contribution in [1.29, 1.82) is 0 Å². The lowest BCUT2D eigenvalue weighted by atomic mass is 10.1. The molecule has 0 unspecified atom stereocenters. The van der Waals surface area contributed by atoms with Crippen molar-refractivity contribution in [2.45, 2.75) is 45.8 Å². The van der Waals surface area contributed by atoms with Crippen LogP contribution >= 0.6 is 0 Å². The number of aliphatic imine (C=N–C) groups is 2. The quantitative estimate of drug-likeness (QED) is 0.438. The molecule has 2 aromatic rings. The molecule has 3 rings (SSSR count). The second-order valence-electron chi connectivity index (χ2n) is 7.77. The van der Waals surface area contributed by atoms with Crippen LogP contribution in [0.2, 0.25) is 0 Å². The molecule has 3 heterocycles. The van der Waals surface area contributed by atoms with Gasteiger partial charge < -0.3 is 30.2 Å². The van der Waals surface area contributed by atoms with Crippen LogP contribution in [0, 0.1) is 6.92 Å². The molecule has 12 nitrogen and oxygen atoms in total. The van der Waals surface area contributed by atoms with E-state index in [1.54, 1.807) is 11.0 Å². The van der Waals surface area contributed by atoms with Crippen molar-refractivity contribution in [3.05, 3.63) is 24.2 Å². The molecule has 1 fully saturated rings. The van der Waals surface area contributed by atoms with Crippen LogP contribution in [0.25, 0.3) is 0 Å². The predicted molar refractivity (Wildman–Crippen MR) is 129 cm³/mol. The van der Waals surface area contributed by atoms with E-state index in [1.165, 1.54) is 19.8 Å². The van der Waals surface area contributed by atoms with Gasteiger partial charge in [0.1, 0.15) is 18.8 Å². The third-order valence-corrected chi connectivity index (χ3v) is 4.96. The van der Waals surface area contributed by atoms with E-state index in [2.05, 4.69) is 30.3 Å². The average molecular weight is 471 g/mol. The van der Waals surface area contributed by atoms with Crippen LogP contribution in [0.4, 0.5) is 22.1 Å². The van der Waals surface area contributed by atoms with Crippen molar-refractivity contribution in [3.63, 3.8) is 0 Å². The molecule has 0 aromatic carbocycles. The number of amides is 1. The number of nitrogens with two attached hydrogens (primary N) is 1. The molecule has 0 radical (unpaired) electrons. The Morgan fingerprint density at radius 2 is 2.06 bits per heavy atom. The number of rotatable bonds is 8. The standard InChI is InChI=1S/C22H30N8O4/c1-14(2)33-22(31)30-9-7-16(8-10-30)34-21-19(32-4)20(26-13-27-21)29-17-5-6-18(28-15(17)3)25-12-24-11-23/h5-6,11-14,16H,7-10H2,1-4H3,(H,26,27,29)(H2,23,24,25,28). The smallest absolute Gasteiger partial charge is 0.410 e. The highest BCUT2D eigenvalue weighted by Crippen LogP contribution is 2.35. The maximum absolute atomic E-state index is 12.1. The number of piperidine rings is 1. The number of anilines is 2.